The number of amides is 2. The van der Waals surface area contributed by atoms with Crippen molar-refractivity contribution in [3.05, 3.63) is 77.4 Å². The molecule has 3 aromatic rings. The minimum Gasteiger partial charge on any atom is -0.396 e. The largest absolute Gasteiger partial charge is 0.396 e. The van der Waals surface area contributed by atoms with Gasteiger partial charge in [0.05, 0.1) is 11.1 Å². The average Bonchev–Trinajstić information content (AvgIpc) is 3.18. The van der Waals surface area contributed by atoms with E-state index in [1.165, 1.54) is 44.6 Å². The van der Waals surface area contributed by atoms with Crippen molar-refractivity contribution in [3.63, 3.8) is 0 Å². The Bertz CT molecular complexity index is 1350. The maximum absolute atomic E-state index is 14.1. The first-order valence-electron chi connectivity index (χ1n) is 10.4. The highest BCUT2D eigenvalue weighted by molar-refractivity contribution is 7.87. The lowest BCUT2D eigenvalue weighted by atomic mass is 10.1. The van der Waals surface area contributed by atoms with Crippen LogP contribution in [0.2, 0.25) is 0 Å². The van der Waals surface area contributed by atoms with E-state index in [0.717, 1.165) is 14.3 Å². The van der Waals surface area contributed by atoms with Gasteiger partial charge in [-0.25, -0.2) is 8.36 Å². The maximum atomic E-state index is 14.1. The molecule has 11 heteroatoms. The lowest BCUT2D eigenvalue weighted by Gasteiger charge is -2.13. The number of aliphatic hydroxyl groups is 1. The van der Waals surface area contributed by atoms with Crippen LogP contribution in [0.1, 0.15) is 22.3 Å². The first kappa shape index (κ1) is 25.1. The minimum atomic E-state index is -3.87. The average molecular weight is 489 g/mol. The van der Waals surface area contributed by atoms with E-state index < -0.39 is 27.8 Å². The summed E-state index contributed by atoms with van der Waals surface area (Å²) < 4.78 is 41.8. The van der Waals surface area contributed by atoms with Crippen LogP contribution >= 0.6 is 0 Å². The number of aromatic nitrogens is 1. The molecule has 0 fully saturated rings. The molecule has 0 unspecified atom stereocenters. The number of nitrogens with one attached hydrogen (secondary N) is 2. The van der Waals surface area contributed by atoms with E-state index in [1.54, 1.807) is 24.3 Å². The third-order valence-corrected chi connectivity index (χ3v) is 6.67. The molecule has 1 aromatic heterocycles. The number of rotatable bonds is 9. The Hall–Kier alpha value is -3.54. The van der Waals surface area contributed by atoms with Gasteiger partial charge in [0.1, 0.15) is 11.5 Å². The monoisotopic (exact) mass is 488 g/mol. The van der Waals surface area contributed by atoms with Crippen LogP contribution in [-0.4, -0.2) is 60.9 Å². The van der Waals surface area contributed by atoms with Crippen molar-refractivity contribution in [2.45, 2.75) is 6.42 Å². The lowest BCUT2D eigenvalue weighted by Crippen LogP contribution is -2.35. The summed E-state index contributed by atoms with van der Waals surface area (Å²) in [7, 11) is -1.08. The summed E-state index contributed by atoms with van der Waals surface area (Å²) in [6.45, 7) is -0.00416. The highest BCUT2D eigenvalue weighted by atomic mass is 32.2. The first-order chi connectivity index (χ1) is 16.2. The molecular formula is C23H25FN4O5S. The van der Waals surface area contributed by atoms with Crippen molar-refractivity contribution in [1.82, 2.24) is 18.9 Å². The summed E-state index contributed by atoms with van der Waals surface area (Å²) >= 11 is 0. The highest BCUT2D eigenvalue weighted by Crippen LogP contribution is 2.25. The Labute approximate surface area is 196 Å². The van der Waals surface area contributed by atoms with E-state index in [4.69, 9.17) is 5.11 Å². The molecule has 0 spiro atoms. The Morgan fingerprint density at radius 2 is 1.79 bits per heavy atom. The van der Waals surface area contributed by atoms with Gasteiger partial charge in [0.25, 0.3) is 11.8 Å². The summed E-state index contributed by atoms with van der Waals surface area (Å²) in [5.41, 5.74) is 0.260. The van der Waals surface area contributed by atoms with Crippen molar-refractivity contribution in [2.75, 3.05) is 27.2 Å². The van der Waals surface area contributed by atoms with Gasteiger partial charge in [-0.2, -0.15) is 12.7 Å². The third-order valence-electron chi connectivity index (χ3n) is 4.95. The number of hydrogen-bond donors (Lipinski definition) is 3. The van der Waals surface area contributed by atoms with Gasteiger partial charge in [0.2, 0.25) is 0 Å². The van der Waals surface area contributed by atoms with Crippen molar-refractivity contribution in [3.8, 4) is 0 Å². The van der Waals surface area contributed by atoms with E-state index >= 15 is 0 Å². The van der Waals surface area contributed by atoms with E-state index in [0.29, 0.717) is 22.9 Å². The van der Waals surface area contributed by atoms with E-state index in [1.807, 2.05) is 0 Å². The molecule has 3 rings (SSSR count). The lowest BCUT2D eigenvalue weighted by molar-refractivity contribution is -0.117. The van der Waals surface area contributed by atoms with E-state index in [-0.39, 0.29) is 24.4 Å². The molecule has 9 nitrogen and oxygen atoms in total. The van der Waals surface area contributed by atoms with Gasteiger partial charge in [-0.15, -0.1) is 0 Å². The van der Waals surface area contributed by atoms with Gasteiger partial charge in [-0.05, 0) is 30.7 Å². The van der Waals surface area contributed by atoms with Crippen LogP contribution in [0.4, 0.5) is 4.39 Å². The summed E-state index contributed by atoms with van der Waals surface area (Å²) in [4.78, 5) is 25.5. The predicted molar refractivity (Wildman–Crippen MR) is 126 cm³/mol. The van der Waals surface area contributed by atoms with Gasteiger partial charge < -0.3 is 15.7 Å². The van der Waals surface area contributed by atoms with Gasteiger partial charge in [-0.1, -0.05) is 30.3 Å². The van der Waals surface area contributed by atoms with Crippen molar-refractivity contribution in [1.29, 1.82) is 0 Å². The van der Waals surface area contributed by atoms with Gasteiger partial charge in [-0.3, -0.25) is 9.59 Å². The van der Waals surface area contributed by atoms with Crippen molar-refractivity contribution >= 4 is 39.0 Å². The van der Waals surface area contributed by atoms with Crippen LogP contribution in [-0.2, 0) is 15.0 Å². The van der Waals surface area contributed by atoms with Crippen LogP contribution in [0.15, 0.2) is 60.4 Å². The molecule has 0 atom stereocenters. The fourth-order valence-corrected chi connectivity index (χ4v) is 4.19. The number of halogens is 1. The summed E-state index contributed by atoms with van der Waals surface area (Å²) in [6, 6.07) is 12.0. The summed E-state index contributed by atoms with van der Waals surface area (Å²) in [5, 5.41) is 14.5. The zero-order valence-electron chi connectivity index (χ0n) is 18.7. The predicted octanol–water partition coefficient (Wildman–Crippen LogP) is 1.70. The second-order valence-electron chi connectivity index (χ2n) is 7.51. The standard InChI is InChI=1S/C23H25FN4O5S/c1-27(2)34(32,33)28-15-16(17-8-4-6-11-21(17)28)14-20(23(31)25-12-7-13-29)26-22(30)18-9-3-5-10-19(18)24/h3-6,8-11,14-15,29H,7,12-13H2,1-2H3,(H,25,31)(H,26,30). The molecule has 1 heterocycles. The molecule has 0 saturated carbocycles. The number of fused-ring (bicyclic) bond motifs is 1. The van der Waals surface area contributed by atoms with Gasteiger partial charge in [0, 0.05) is 44.4 Å². The van der Waals surface area contributed by atoms with Crippen LogP contribution in [0.5, 0.6) is 0 Å². The number of para-hydroxylation sites is 1. The zero-order valence-corrected chi connectivity index (χ0v) is 19.5. The Morgan fingerprint density at radius 1 is 1.12 bits per heavy atom. The molecule has 0 saturated heterocycles. The van der Waals surface area contributed by atoms with E-state index in [2.05, 4.69) is 10.6 Å². The molecular weight excluding hydrogens is 463 g/mol. The number of aliphatic hydroxyl groups excluding tert-OH is 1. The molecule has 34 heavy (non-hydrogen) atoms. The SMILES string of the molecule is CN(C)S(=O)(=O)n1cc(C=C(NC(=O)c2ccccc2F)C(=O)NCCCO)c2ccccc21. The number of nitrogens with zero attached hydrogens (tertiary/aromatic N) is 2. The molecule has 0 radical (unpaired) electrons. The van der Waals surface area contributed by atoms with Crippen LogP contribution in [0.3, 0.4) is 0 Å². The topological polar surface area (TPSA) is 121 Å². The molecule has 0 aliphatic carbocycles. The second kappa shape index (κ2) is 10.6. The van der Waals surface area contributed by atoms with Gasteiger partial charge >= 0.3 is 10.2 Å². The molecule has 2 amide bonds. The Kier molecular flexibility index (Phi) is 7.82. The number of hydrogen-bond acceptors (Lipinski definition) is 5. The smallest absolute Gasteiger partial charge is 0.307 e. The number of carbonyl (C=O) groups is 2. The zero-order chi connectivity index (χ0) is 24.9. The minimum absolute atomic E-state index is 0.138. The molecule has 180 valence electrons. The third kappa shape index (κ3) is 5.33. The Balaban J connectivity index is 2.10. The normalized spacial score (nSPS) is 12.2. The molecule has 0 bridgehead atoms. The van der Waals surface area contributed by atoms with Crippen LogP contribution in [0.25, 0.3) is 17.0 Å². The first-order valence-corrected chi connectivity index (χ1v) is 11.8. The fourth-order valence-electron chi connectivity index (χ4n) is 3.18. The second-order valence-corrected chi connectivity index (χ2v) is 9.53. The highest BCUT2D eigenvalue weighted by Gasteiger charge is 2.22. The number of benzene rings is 2. The van der Waals surface area contributed by atoms with Gasteiger partial charge in [0.15, 0.2) is 0 Å². The van der Waals surface area contributed by atoms with Crippen molar-refractivity contribution < 1.29 is 27.5 Å². The molecule has 0 aliphatic rings. The molecule has 0 aliphatic heterocycles. The molecule has 3 N–H and O–H groups in total. The van der Waals surface area contributed by atoms with E-state index in [9.17, 15) is 22.4 Å². The fraction of sp³-hybridized carbons (Fsp3) is 0.217. The number of carbonyl (C=O) groups excluding carboxylic acids is 2. The maximum Gasteiger partial charge on any atom is 0.307 e. The Morgan fingerprint density at radius 3 is 2.47 bits per heavy atom. The summed E-state index contributed by atoms with van der Waals surface area (Å²) in [5.74, 6) is -2.27. The molecule has 2 aromatic carbocycles. The quantitative estimate of drug-likeness (QED) is 0.313. The van der Waals surface area contributed by atoms with Crippen LogP contribution < -0.4 is 10.6 Å². The van der Waals surface area contributed by atoms with Crippen molar-refractivity contribution in [2.24, 2.45) is 0 Å². The summed E-state index contributed by atoms with van der Waals surface area (Å²) in [6.07, 6.45) is 2.97. The van der Waals surface area contributed by atoms with Crippen LogP contribution in [0, 0.1) is 5.82 Å².